The summed E-state index contributed by atoms with van der Waals surface area (Å²) < 4.78 is 4.64. The number of hydrogen-bond acceptors (Lipinski definition) is 4. The maximum Gasteiger partial charge on any atom is 0.333 e. The first-order chi connectivity index (χ1) is 8.72. The van der Waals surface area contributed by atoms with Crippen LogP contribution in [0.15, 0.2) is 36.5 Å². The predicted molar refractivity (Wildman–Crippen MR) is 69.6 cm³/mol. The Hall–Kier alpha value is -2.37. The van der Waals surface area contributed by atoms with Crippen LogP contribution in [0.3, 0.4) is 0 Å². The average Bonchev–Trinajstić information content (AvgIpc) is 2.29. The standard InChI is InChI=1S/C9H12O4.C4H6O2/c1-3-13-9(12)7(2)5-4-6-8(10)11;1-3(2)4(5)6/h4,6H,2-3,5H2,1H3,(H,10,11);1H2,2H3,(H,5,6). The number of rotatable bonds is 6. The summed E-state index contributed by atoms with van der Waals surface area (Å²) in [4.78, 5) is 30.6. The lowest BCUT2D eigenvalue weighted by atomic mass is 10.2. The minimum Gasteiger partial charge on any atom is -0.478 e. The number of carbonyl (C=O) groups is 3. The van der Waals surface area contributed by atoms with Crippen LogP contribution in [0, 0.1) is 0 Å². The first-order valence-electron chi connectivity index (χ1n) is 5.35. The summed E-state index contributed by atoms with van der Waals surface area (Å²) in [6.07, 6.45) is 2.51. The second-order valence-electron chi connectivity index (χ2n) is 3.35. The van der Waals surface area contributed by atoms with Crippen LogP contribution < -0.4 is 0 Å². The Morgan fingerprint density at radius 2 is 1.68 bits per heavy atom. The highest BCUT2D eigenvalue weighted by Gasteiger charge is 2.04. The molecule has 2 N–H and O–H groups in total. The zero-order valence-electron chi connectivity index (χ0n) is 11.0. The van der Waals surface area contributed by atoms with Gasteiger partial charge in [0.15, 0.2) is 0 Å². The van der Waals surface area contributed by atoms with Crippen LogP contribution in [0.1, 0.15) is 20.3 Å². The third-order valence-electron chi connectivity index (χ3n) is 1.55. The second-order valence-corrected chi connectivity index (χ2v) is 3.35. The van der Waals surface area contributed by atoms with Crippen molar-refractivity contribution in [2.24, 2.45) is 0 Å². The summed E-state index contributed by atoms with van der Waals surface area (Å²) >= 11 is 0. The molecule has 0 aromatic rings. The van der Waals surface area contributed by atoms with Crippen LogP contribution in [-0.2, 0) is 19.1 Å². The molecule has 0 aliphatic rings. The van der Waals surface area contributed by atoms with Crippen molar-refractivity contribution in [1.29, 1.82) is 0 Å². The van der Waals surface area contributed by atoms with Crippen LogP contribution in [0.5, 0.6) is 0 Å². The van der Waals surface area contributed by atoms with E-state index in [1.807, 2.05) is 0 Å². The molecule has 0 bridgehead atoms. The Kier molecular flexibility index (Phi) is 10.8. The van der Waals surface area contributed by atoms with Gasteiger partial charge in [-0.1, -0.05) is 19.2 Å². The molecule has 19 heavy (non-hydrogen) atoms. The van der Waals surface area contributed by atoms with Gasteiger partial charge in [0.05, 0.1) is 6.61 Å². The van der Waals surface area contributed by atoms with E-state index < -0.39 is 17.9 Å². The summed E-state index contributed by atoms with van der Waals surface area (Å²) in [5.74, 6) is -2.47. The second kappa shape index (κ2) is 10.8. The molecule has 6 nitrogen and oxygen atoms in total. The highest BCUT2D eigenvalue weighted by Crippen LogP contribution is 2.01. The van der Waals surface area contributed by atoms with Crippen molar-refractivity contribution in [1.82, 2.24) is 0 Å². The smallest absolute Gasteiger partial charge is 0.333 e. The number of carboxylic acids is 2. The van der Waals surface area contributed by atoms with Gasteiger partial charge in [-0.3, -0.25) is 0 Å². The molecule has 0 saturated carbocycles. The normalized spacial score (nSPS) is 9.16. The van der Waals surface area contributed by atoms with Crippen LogP contribution in [-0.4, -0.2) is 34.7 Å². The van der Waals surface area contributed by atoms with Gasteiger partial charge in [0.1, 0.15) is 0 Å². The van der Waals surface area contributed by atoms with E-state index in [9.17, 15) is 14.4 Å². The Labute approximate surface area is 111 Å². The first-order valence-corrected chi connectivity index (χ1v) is 5.35. The Morgan fingerprint density at radius 3 is 2.00 bits per heavy atom. The number of ether oxygens (including phenoxy) is 1. The molecule has 0 fully saturated rings. The average molecular weight is 270 g/mol. The summed E-state index contributed by atoms with van der Waals surface area (Å²) in [5.41, 5.74) is 0.425. The van der Waals surface area contributed by atoms with Gasteiger partial charge in [-0.2, -0.15) is 0 Å². The van der Waals surface area contributed by atoms with Crippen molar-refractivity contribution < 1.29 is 29.3 Å². The maximum absolute atomic E-state index is 10.9. The first kappa shape index (κ1) is 19.0. The van der Waals surface area contributed by atoms with E-state index in [2.05, 4.69) is 17.9 Å². The molecule has 0 rings (SSSR count). The molecule has 0 atom stereocenters. The number of aliphatic carboxylic acids is 2. The fraction of sp³-hybridized carbons (Fsp3) is 0.308. The van der Waals surface area contributed by atoms with E-state index in [-0.39, 0.29) is 17.6 Å². The van der Waals surface area contributed by atoms with Gasteiger partial charge < -0.3 is 14.9 Å². The molecule has 0 aliphatic carbocycles. The quantitative estimate of drug-likeness (QED) is 0.563. The number of carboxylic acid groups (broad SMARTS) is 2. The lowest BCUT2D eigenvalue weighted by molar-refractivity contribution is -0.138. The summed E-state index contributed by atoms with van der Waals surface area (Å²) in [6.45, 7) is 10.0. The predicted octanol–water partition coefficient (Wildman–Crippen LogP) is 1.78. The van der Waals surface area contributed by atoms with Crippen molar-refractivity contribution in [3.63, 3.8) is 0 Å². The van der Waals surface area contributed by atoms with E-state index in [0.717, 1.165) is 6.08 Å². The van der Waals surface area contributed by atoms with Gasteiger partial charge in [-0.05, 0) is 20.3 Å². The van der Waals surface area contributed by atoms with Crippen molar-refractivity contribution >= 4 is 17.9 Å². The summed E-state index contributed by atoms with van der Waals surface area (Å²) in [6, 6.07) is 0. The molecule has 0 amide bonds. The molecular weight excluding hydrogens is 252 g/mol. The Bertz CT molecular complexity index is 380. The van der Waals surface area contributed by atoms with Crippen molar-refractivity contribution in [3.05, 3.63) is 36.5 Å². The highest BCUT2D eigenvalue weighted by molar-refractivity contribution is 5.88. The minimum absolute atomic E-state index is 0.176. The van der Waals surface area contributed by atoms with E-state index in [1.54, 1.807) is 6.92 Å². The third kappa shape index (κ3) is 13.6. The molecular formula is C13H18O6. The van der Waals surface area contributed by atoms with Crippen LogP contribution >= 0.6 is 0 Å². The van der Waals surface area contributed by atoms with E-state index >= 15 is 0 Å². The molecule has 0 heterocycles. The molecule has 6 heteroatoms. The maximum atomic E-state index is 10.9. The van der Waals surface area contributed by atoms with E-state index in [4.69, 9.17) is 10.2 Å². The van der Waals surface area contributed by atoms with Gasteiger partial charge in [-0.15, -0.1) is 0 Å². The zero-order chi connectivity index (χ0) is 15.4. The summed E-state index contributed by atoms with van der Waals surface area (Å²) in [5, 5.41) is 16.1. The largest absolute Gasteiger partial charge is 0.478 e. The lowest BCUT2D eigenvalue weighted by Crippen LogP contribution is -2.05. The topological polar surface area (TPSA) is 101 Å². The zero-order valence-corrected chi connectivity index (χ0v) is 11.0. The monoisotopic (exact) mass is 270 g/mol. The fourth-order valence-electron chi connectivity index (χ4n) is 0.618. The number of allylic oxidation sites excluding steroid dienone is 1. The van der Waals surface area contributed by atoms with Gasteiger partial charge in [-0.25, -0.2) is 14.4 Å². The molecule has 0 aliphatic heterocycles. The molecule has 0 aromatic carbocycles. The van der Waals surface area contributed by atoms with Gasteiger partial charge in [0.2, 0.25) is 0 Å². The van der Waals surface area contributed by atoms with Crippen molar-refractivity contribution in [2.45, 2.75) is 20.3 Å². The van der Waals surface area contributed by atoms with E-state index in [1.165, 1.54) is 13.0 Å². The number of hydrogen-bond donors (Lipinski definition) is 2. The lowest BCUT2D eigenvalue weighted by Gasteiger charge is -2.00. The van der Waals surface area contributed by atoms with Crippen molar-refractivity contribution in [3.8, 4) is 0 Å². The van der Waals surface area contributed by atoms with Crippen LogP contribution in [0.4, 0.5) is 0 Å². The van der Waals surface area contributed by atoms with Crippen molar-refractivity contribution in [2.75, 3.05) is 6.61 Å². The summed E-state index contributed by atoms with van der Waals surface area (Å²) in [7, 11) is 0. The third-order valence-corrected chi connectivity index (χ3v) is 1.55. The van der Waals surface area contributed by atoms with Gasteiger partial charge >= 0.3 is 17.9 Å². The highest BCUT2D eigenvalue weighted by atomic mass is 16.5. The molecule has 0 saturated heterocycles. The fourth-order valence-corrected chi connectivity index (χ4v) is 0.618. The van der Waals surface area contributed by atoms with Gasteiger partial charge in [0, 0.05) is 17.2 Å². The molecule has 0 aromatic heterocycles. The van der Waals surface area contributed by atoms with E-state index in [0.29, 0.717) is 6.61 Å². The molecule has 0 radical (unpaired) electrons. The SMILES string of the molecule is C=C(C)C(=O)O.C=C(CC=CC(=O)O)C(=O)OCC. The minimum atomic E-state index is -1.04. The van der Waals surface area contributed by atoms with Crippen LogP contribution in [0.25, 0.3) is 0 Å². The molecule has 106 valence electrons. The van der Waals surface area contributed by atoms with Crippen LogP contribution in [0.2, 0.25) is 0 Å². The number of carbonyl (C=O) groups excluding carboxylic acids is 1. The van der Waals surface area contributed by atoms with Gasteiger partial charge in [0.25, 0.3) is 0 Å². The Morgan fingerprint density at radius 1 is 1.21 bits per heavy atom. The number of esters is 1. The Balaban J connectivity index is 0. The molecule has 0 spiro atoms. The molecule has 0 unspecified atom stereocenters.